The minimum Gasteiger partial charge on any atom is -0.494 e. The number of aromatic nitrogens is 2. The number of nitrogens with zero attached hydrogens (tertiary/aromatic N) is 3. The summed E-state index contributed by atoms with van der Waals surface area (Å²) in [6.45, 7) is 2.90. The van der Waals surface area contributed by atoms with Crippen LogP contribution in [-0.2, 0) is 4.79 Å². The van der Waals surface area contributed by atoms with Crippen LogP contribution in [0.25, 0.3) is 10.9 Å². The monoisotopic (exact) mass is 355 g/mol. The van der Waals surface area contributed by atoms with Crippen LogP contribution in [0, 0.1) is 0 Å². The molecule has 2 fully saturated rings. The van der Waals surface area contributed by atoms with Gasteiger partial charge in [0.15, 0.2) is 0 Å². The van der Waals surface area contributed by atoms with Gasteiger partial charge in [-0.05, 0) is 44.7 Å². The third-order valence-electron chi connectivity index (χ3n) is 5.23. The molecule has 138 valence electrons. The van der Waals surface area contributed by atoms with Gasteiger partial charge in [0.2, 0.25) is 5.91 Å². The Morgan fingerprint density at radius 2 is 2.08 bits per heavy atom. The van der Waals surface area contributed by atoms with Gasteiger partial charge in [0.25, 0.3) is 0 Å². The molecule has 1 aromatic heterocycles. The molecular formula is C19H25N5O2. The molecule has 1 aromatic carbocycles. The highest BCUT2D eigenvalue weighted by Crippen LogP contribution is 2.34. The molecule has 1 atom stereocenters. The summed E-state index contributed by atoms with van der Waals surface area (Å²) in [5.41, 5.74) is 1.50. The molecule has 2 aromatic rings. The molecule has 7 nitrogen and oxygen atoms in total. The lowest BCUT2D eigenvalue weighted by molar-refractivity contribution is -0.117. The first-order chi connectivity index (χ1) is 12.8. The average molecular weight is 355 g/mol. The highest BCUT2D eigenvalue weighted by Gasteiger charge is 2.24. The van der Waals surface area contributed by atoms with E-state index < -0.39 is 0 Å². The van der Waals surface area contributed by atoms with Crippen molar-refractivity contribution in [1.82, 2.24) is 15.3 Å². The van der Waals surface area contributed by atoms with Crippen LogP contribution in [0.1, 0.15) is 32.1 Å². The largest absolute Gasteiger partial charge is 0.494 e. The Morgan fingerprint density at radius 1 is 1.23 bits per heavy atom. The lowest BCUT2D eigenvalue weighted by Crippen LogP contribution is -2.35. The van der Waals surface area contributed by atoms with Gasteiger partial charge in [-0.1, -0.05) is 0 Å². The summed E-state index contributed by atoms with van der Waals surface area (Å²) in [5, 5.41) is 7.20. The summed E-state index contributed by atoms with van der Waals surface area (Å²) in [5.74, 6) is 1.54. The van der Waals surface area contributed by atoms with E-state index in [1.165, 1.54) is 19.3 Å². The Balaban J connectivity index is 1.70. The first kappa shape index (κ1) is 17.0. The summed E-state index contributed by atoms with van der Waals surface area (Å²) in [6.07, 6.45) is 7.12. The maximum absolute atomic E-state index is 12.5. The van der Waals surface area contributed by atoms with E-state index in [2.05, 4.69) is 25.5 Å². The SMILES string of the molecule is COc1cc2ncnc(N3CCCCC3)c2cc1NC(=O)C1CCCN1. The van der Waals surface area contributed by atoms with Crippen molar-refractivity contribution in [2.24, 2.45) is 0 Å². The number of benzene rings is 1. The van der Waals surface area contributed by atoms with Gasteiger partial charge < -0.3 is 20.3 Å². The second-order valence-corrected chi connectivity index (χ2v) is 6.95. The van der Waals surface area contributed by atoms with Gasteiger partial charge in [0.05, 0.1) is 24.4 Å². The van der Waals surface area contributed by atoms with Crippen LogP contribution >= 0.6 is 0 Å². The highest BCUT2D eigenvalue weighted by molar-refractivity contribution is 6.01. The first-order valence-corrected chi connectivity index (χ1v) is 9.38. The minimum atomic E-state index is -0.135. The van der Waals surface area contributed by atoms with Crippen LogP contribution in [0.2, 0.25) is 0 Å². The van der Waals surface area contributed by atoms with Crippen molar-refractivity contribution in [1.29, 1.82) is 0 Å². The summed E-state index contributed by atoms with van der Waals surface area (Å²) < 4.78 is 5.49. The molecule has 2 saturated heterocycles. The Bertz CT molecular complexity index is 798. The predicted octanol–water partition coefficient (Wildman–Crippen LogP) is 2.32. The number of methoxy groups -OCH3 is 1. The molecule has 1 unspecified atom stereocenters. The standard InChI is InChI=1S/C19H25N5O2/c1-26-17-11-15-13(10-16(17)23-19(25)14-6-5-7-20-14)18(22-12-21-15)24-8-3-2-4-9-24/h10-12,14,20H,2-9H2,1H3,(H,23,25). The molecule has 4 rings (SSSR count). The molecule has 7 heteroatoms. The van der Waals surface area contributed by atoms with E-state index in [4.69, 9.17) is 4.74 Å². The second kappa shape index (κ2) is 7.45. The fraction of sp³-hybridized carbons (Fsp3) is 0.526. The lowest BCUT2D eigenvalue weighted by atomic mass is 10.1. The van der Waals surface area contributed by atoms with Crippen LogP contribution in [0.15, 0.2) is 18.5 Å². The maximum Gasteiger partial charge on any atom is 0.241 e. The number of piperidine rings is 1. The van der Waals surface area contributed by atoms with E-state index in [1.54, 1.807) is 13.4 Å². The number of carbonyl (C=O) groups excluding carboxylic acids is 1. The van der Waals surface area contributed by atoms with Crippen molar-refractivity contribution in [3.8, 4) is 5.75 Å². The summed E-state index contributed by atoms with van der Waals surface area (Å²) in [6, 6.07) is 3.69. The van der Waals surface area contributed by atoms with E-state index in [-0.39, 0.29) is 11.9 Å². The molecule has 2 N–H and O–H groups in total. The molecule has 0 saturated carbocycles. The van der Waals surface area contributed by atoms with Crippen LogP contribution in [0.3, 0.4) is 0 Å². The zero-order valence-corrected chi connectivity index (χ0v) is 15.1. The van der Waals surface area contributed by atoms with Crippen molar-refractivity contribution in [2.75, 3.05) is 37.0 Å². The number of ether oxygens (including phenoxy) is 1. The number of fused-ring (bicyclic) bond motifs is 1. The van der Waals surface area contributed by atoms with E-state index in [1.807, 2.05) is 12.1 Å². The number of nitrogens with one attached hydrogen (secondary N) is 2. The molecule has 1 amide bonds. The number of rotatable bonds is 4. The summed E-state index contributed by atoms with van der Waals surface area (Å²) >= 11 is 0. The third-order valence-corrected chi connectivity index (χ3v) is 5.23. The number of anilines is 2. The number of hydrogen-bond acceptors (Lipinski definition) is 6. The third kappa shape index (κ3) is 3.31. The predicted molar refractivity (Wildman–Crippen MR) is 102 cm³/mol. The Labute approximate surface area is 153 Å². The number of hydrogen-bond donors (Lipinski definition) is 2. The summed E-state index contributed by atoms with van der Waals surface area (Å²) in [4.78, 5) is 23.8. The molecule has 2 aliphatic heterocycles. The van der Waals surface area contributed by atoms with Crippen LogP contribution < -0.4 is 20.3 Å². The highest BCUT2D eigenvalue weighted by atomic mass is 16.5. The fourth-order valence-corrected chi connectivity index (χ4v) is 3.82. The topological polar surface area (TPSA) is 79.4 Å². The van der Waals surface area contributed by atoms with E-state index >= 15 is 0 Å². The molecule has 2 aliphatic rings. The van der Waals surface area contributed by atoms with Gasteiger partial charge in [-0.3, -0.25) is 4.79 Å². The molecule has 0 radical (unpaired) electrons. The molecule has 0 aliphatic carbocycles. The average Bonchev–Trinajstić information content (AvgIpc) is 3.22. The van der Waals surface area contributed by atoms with Gasteiger partial charge in [-0.15, -0.1) is 0 Å². The van der Waals surface area contributed by atoms with Gasteiger partial charge in [-0.2, -0.15) is 0 Å². The van der Waals surface area contributed by atoms with Crippen molar-refractivity contribution < 1.29 is 9.53 Å². The molecular weight excluding hydrogens is 330 g/mol. The van der Waals surface area contributed by atoms with Crippen molar-refractivity contribution in [2.45, 2.75) is 38.1 Å². The second-order valence-electron chi connectivity index (χ2n) is 6.95. The first-order valence-electron chi connectivity index (χ1n) is 9.38. The van der Waals surface area contributed by atoms with E-state index in [0.29, 0.717) is 11.4 Å². The van der Waals surface area contributed by atoms with Crippen LogP contribution in [-0.4, -0.2) is 48.7 Å². The van der Waals surface area contributed by atoms with Crippen LogP contribution in [0.4, 0.5) is 11.5 Å². The minimum absolute atomic E-state index is 0.0171. The smallest absolute Gasteiger partial charge is 0.241 e. The normalized spacial score (nSPS) is 20.3. The van der Waals surface area contributed by atoms with Crippen LogP contribution in [0.5, 0.6) is 5.75 Å². The Kier molecular flexibility index (Phi) is 4.88. The zero-order valence-electron chi connectivity index (χ0n) is 15.1. The molecule has 3 heterocycles. The van der Waals surface area contributed by atoms with Crippen molar-refractivity contribution >= 4 is 28.3 Å². The van der Waals surface area contributed by atoms with E-state index in [9.17, 15) is 4.79 Å². The lowest BCUT2D eigenvalue weighted by Gasteiger charge is -2.28. The number of carbonyl (C=O) groups is 1. The maximum atomic E-state index is 12.5. The quantitative estimate of drug-likeness (QED) is 0.876. The van der Waals surface area contributed by atoms with Gasteiger partial charge in [-0.25, -0.2) is 9.97 Å². The van der Waals surface area contributed by atoms with Gasteiger partial charge >= 0.3 is 0 Å². The van der Waals surface area contributed by atoms with Gasteiger partial charge in [0.1, 0.15) is 17.9 Å². The van der Waals surface area contributed by atoms with Gasteiger partial charge in [0, 0.05) is 24.5 Å². The summed E-state index contributed by atoms with van der Waals surface area (Å²) in [7, 11) is 1.61. The molecule has 26 heavy (non-hydrogen) atoms. The van der Waals surface area contributed by atoms with Crippen molar-refractivity contribution in [3.63, 3.8) is 0 Å². The fourth-order valence-electron chi connectivity index (χ4n) is 3.82. The number of amides is 1. The molecule has 0 spiro atoms. The van der Waals surface area contributed by atoms with E-state index in [0.717, 1.165) is 49.2 Å². The molecule has 0 bridgehead atoms. The Morgan fingerprint density at radius 3 is 2.81 bits per heavy atom. The van der Waals surface area contributed by atoms with Crippen molar-refractivity contribution in [3.05, 3.63) is 18.5 Å². The Hall–Kier alpha value is -2.41. The zero-order chi connectivity index (χ0) is 17.9.